The van der Waals surface area contributed by atoms with Crippen LogP contribution in [-0.2, 0) is 0 Å². The Balaban J connectivity index is 2.11. The van der Waals surface area contributed by atoms with E-state index in [9.17, 15) is 0 Å². The predicted octanol–water partition coefficient (Wildman–Crippen LogP) is 2.18. The zero-order valence-corrected chi connectivity index (χ0v) is 8.84. The predicted molar refractivity (Wildman–Crippen MR) is 54.6 cm³/mol. The zero-order valence-electron chi connectivity index (χ0n) is 7.20. The maximum absolute atomic E-state index is 4.46. The van der Waals surface area contributed by atoms with E-state index in [2.05, 4.69) is 29.5 Å². The normalized spacial score (nSPS) is 29.5. The topological polar surface area (TPSA) is 24.9 Å². The van der Waals surface area contributed by atoms with Crippen molar-refractivity contribution in [2.24, 2.45) is 0 Å². The van der Waals surface area contributed by atoms with Crippen LogP contribution in [0.25, 0.3) is 0 Å². The molecule has 1 N–H and O–H groups in total. The van der Waals surface area contributed by atoms with Crippen molar-refractivity contribution < 1.29 is 0 Å². The smallest absolute Gasteiger partial charge is 0.0973 e. The van der Waals surface area contributed by atoms with Gasteiger partial charge in [0.15, 0.2) is 0 Å². The van der Waals surface area contributed by atoms with Crippen LogP contribution in [-0.4, -0.2) is 16.8 Å². The Morgan fingerprint density at radius 3 is 3.00 bits per heavy atom. The maximum Gasteiger partial charge on any atom is 0.0973 e. The van der Waals surface area contributed by atoms with Crippen LogP contribution >= 0.6 is 23.1 Å². The number of rotatable bonds is 1. The highest BCUT2D eigenvalue weighted by Crippen LogP contribution is 2.32. The lowest BCUT2D eigenvalue weighted by Gasteiger charge is -2.06. The van der Waals surface area contributed by atoms with Gasteiger partial charge in [0.2, 0.25) is 0 Å². The van der Waals surface area contributed by atoms with Gasteiger partial charge in [-0.1, -0.05) is 0 Å². The number of thioether (sulfide) groups is 1. The van der Waals surface area contributed by atoms with Gasteiger partial charge in [0.05, 0.1) is 16.1 Å². The Labute approximate surface area is 80.8 Å². The summed E-state index contributed by atoms with van der Waals surface area (Å²) in [6.45, 7) is 4.27. The van der Waals surface area contributed by atoms with Crippen LogP contribution in [0.15, 0.2) is 5.38 Å². The summed E-state index contributed by atoms with van der Waals surface area (Å²) in [5, 5.41) is 7.24. The van der Waals surface area contributed by atoms with Gasteiger partial charge in [-0.15, -0.1) is 23.1 Å². The van der Waals surface area contributed by atoms with Crippen LogP contribution < -0.4 is 5.32 Å². The van der Waals surface area contributed by atoms with Crippen molar-refractivity contribution in [3.63, 3.8) is 0 Å². The van der Waals surface area contributed by atoms with Crippen LogP contribution in [0.2, 0.25) is 0 Å². The Morgan fingerprint density at radius 1 is 1.67 bits per heavy atom. The molecule has 1 aromatic rings. The summed E-state index contributed by atoms with van der Waals surface area (Å²) in [5.74, 6) is 1.20. The summed E-state index contributed by atoms with van der Waals surface area (Å²) in [5.41, 5.74) is 1.20. The van der Waals surface area contributed by atoms with E-state index in [1.807, 2.05) is 11.8 Å². The Bertz CT molecular complexity index is 272. The number of hydrogen-bond donors (Lipinski definition) is 1. The summed E-state index contributed by atoms with van der Waals surface area (Å²) in [4.78, 5) is 4.46. The van der Waals surface area contributed by atoms with E-state index < -0.39 is 0 Å². The largest absolute Gasteiger partial charge is 0.297 e. The van der Waals surface area contributed by atoms with Crippen LogP contribution in [0.3, 0.4) is 0 Å². The fourth-order valence-corrected chi connectivity index (χ4v) is 3.19. The molecule has 1 aromatic heterocycles. The molecule has 0 radical (unpaired) electrons. The van der Waals surface area contributed by atoms with Crippen LogP contribution in [0.5, 0.6) is 0 Å². The van der Waals surface area contributed by atoms with E-state index in [0.29, 0.717) is 11.4 Å². The van der Waals surface area contributed by atoms with E-state index in [-0.39, 0.29) is 0 Å². The molecule has 1 aliphatic rings. The van der Waals surface area contributed by atoms with Gasteiger partial charge >= 0.3 is 0 Å². The molecule has 1 aliphatic heterocycles. The highest BCUT2D eigenvalue weighted by atomic mass is 32.2. The summed E-state index contributed by atoms with van der Waals surface area (Å²) in [7, 11) is 0. The number of aryl methyl sites for hydroxylation is 1. The monoisotopic (exact) mass is 200 g/mol. The third kappa shape index (κ3) is 1.65. The lowest BCUT2D eigenvalue weighted by atomic mass is 10.4. The molecule has 0 amide bonds. The molecular weight excluding hydrogens is 188 g/mol. The summed E-state index contributed by atoms with van der Waals surface area (Å²) in [6.07, 6.45) is 0. The minimum atomic E-state index is 0.435. The molecule has 0 aliphatic carbocycles. The van der Waals surface area contributed by atoms with Crippen molar-refractivity contribution >= 4 is 23.1 Å². The Hall–Kier alpha value is -0.0600. The van der Waals surface area contributed by atoms with Gasteiger partial charge in [0, 0.05) is 17.2 Å². The molecule has 2 nitrogen and oxygen atoms in total. The van der Waals surface area contributed by atoms with Gasteiger partial charge in [-0.3, -0.25) is 5.32 Å². The second kappa shape index (κ2) is 3.36. The van der Waals surface area contributed by atoms with Crippen molar-refractivity contribution in [3.8, 4) is 0 Å². The Kier molecular flexibility index (Phi) is 2.39. The SMILES string of the molecule is Cc1nc(C2NC(C)CS2)cs1. The number of nitrogens with zero attached hydrogens (tertiary/aromatic N) is 1. The quantitative estimate of drug-likeness (QED) is 0.752. The van der Waals surface area contributed by atoms with Crippen molar-refractivity contribution in [1.82, 2.24) is 10.3 Å². The second-order valence-corrected chi connectivity index (χ2v) is 5.27. The molecule has 2 heterocycles. The molecule has 0 bridgehead atoms. The van der Waals surface area contributed by atoms with Crippen molar-refractivity contribution in [2.45, 2.75) is 25.3 Å². The van der Waals surface area contributed by atoms with Crippen LogP contribution in [0, 0.1) is 6.92 Å². The number of nitrogens with one attached hydrogen (secondary N) is 1. The van der Waals surface area contributed by atoms with Crippen LogP contribution in [0.4, 0.5) is 0 Å². The first kappa shape index (κ1) is 8.53. The van der Waals surface area contributed by atoms with E-state index in [1.165, 1.54) is 11.4 Å². The molecule has 1 saturated heterocycles. The Morgan fingerprint density at radius 2 is 2.50 bits per heavy atom. The fraction of sp³-hybridized carbons (Fsp3) is 0.625. The van der Waals surface area contributed by atoms with E-state index in [1.54, 1.807) is 11.3 Å². The minimum Gasteiger partial charge on any atom is -0.297 e. The second-order valence-electron chi connectivity index (χ2n) is 3.07. The summed E-state index contributed by atoms with van der Waals surface area (Å²) in [6, 6.07) is 0.627. The van der Waals surface area contributed by atoms with Crippen LogP contribution in [0.1, 0.15) is 23.0 Å². The van der Waals surface area contributed by atoms with Crippen molar-refractivity contribution in [3.05, 3.63) is 16.1 Å². The number of aromatic nitrogens is 1. The van der Waals surface area contributed by atoms with Gasteiger partial charge in [-0.2, -0.15) is 0 Å². The average molecular weight is 200 g/mol. The number of hydrogen-bond acceptors (Lipinski definition) is 4. The third-order valence-corrected chi connectivity index (χ3v) is 4.05. The molecule has 2 atom stereocenters. The van der Waals surface area contributed by atoms with Gasteiger partial charge in [0.25, 0.3) is 0 Å². The molecule has 1 fully saturated rings. The maximum atomic E-state index is 4.46. The first-order valence-electron chi connectivity index (χ1n) is 4.05. The molecule has 0 spiro atoms. The first-order chi connectivity index (χ1) is 5.75. The first-order valence-corrected chi connectivity index (χ1v) is 5.98. The highest BCUT2D eigenvalue weighted by molar-refractivity contribution is 7.99. The minimum absolute atomic E-state index is 0.435. The molecule has 2 unspecified atom stereocenters. The highest BCUT2D eigenvalue weighted by Gasteiger charge is 2.23. The number of thiazole rings is 1. The molecule has 2 rings (SSSR count). The molecule has 12 heavy (non-hydrogen) atoms. The van der Waals surface area contributed by atoms with Gasteiger partial charge in [-0.25, -0.2) is 4.98 Å². The molecule has 0 saturated carbocycles. The van der Waals surface area contributed by atoms with Crippen molar-refractivity contribution in [1.29, 1.82) is 0 Å². The summed E-state index contributed by atoms with van der Waals surface area (Å²) >= 11 is 3.68. The van der Waals surface area contributed by atoms with Gasteiger partial charge in [0.1, 0.15) is 0 Å². The molecule has 0 aromatic carbocycles. The standard InChI is InChI=1S/C8H12N2S2/c1-5-3-12-8(9-5)7-4-11-6(2)10-7/h4-5,8-9H,3H2,1-2H3. The van der Waals surface area contributed by atoms with Gasteiger partial charge < -0.3 is 0 Å². The fourth-order valence-electron chi connectivity index (χ4n) is 1.27. The van der Waals surface area contributed by atoms with Crippen molar-refractivity contribution in [2.75, 3.05) is 5.75 Å². The average Bonchev–Trinajstić information content (AvgIpc) is 2.58. The van der Waals surface area contributed by atoms with E-state index >= 15 is 0 Å². The molecular formula is C8H12N2S2. The summed E-state index contributed by atoms with van der Waals surface area (Å²) < 4.78 is 0. The lowest BCUT2D eigenvalue weighted by molar-refractivity contribution is 0.611. The lowest BCUT2D eigenvalue weighted by Crippen LogP contribution is -2.22. The molecule has 66 valence electrons. The van der Waals surface area contributed by atoms with Gasteiger partial charge in [-0.05, 0) is 13.8 Å². The van der Waals surface area contributed by atoms with E-state index in [4.69, 9.17) is 0 Å². The molecule has 4 heteroatoms. The van der Waals surface area contributed by atoms with E-state index in [0.717, 1.165) is 5.01 Å². The third-order valence-electron chi connectivity index (χ3n) is 1.85. The zero-order chi connectivity index (χ0) is 8.55.